The summed E-state index contributed by atoms with van der Waals surface area (Å²) in [6.45, 7) is 0. The zero-order chi connectivity index (χ0) is 14.0. The van der Waals surface area contributed by atoms with Crippen LogP contribution in [-0.2, 0) is 0 Å². The van der Waals surface area contributed by atoms with E-state index in [2.05, 4.69) is 15.9 Å². The van der Waals surface area contributed by atoms with E-state index in [1.165, 1.54) is 18.6 Å². The van der Waals surface area contributed by atoms with Crippen LogP contribution in [0.2, 0.25) is 5.02 Å². The summed E-state index contributed by atoms with van der Waals surface area (Å²) in [5.41, 5.74) is 0.0419. The molecule has 0 saturated heterocycles. The van der Waals surface area contributed by atoms with Gasteiger partial charge in [-0.3, -0.25) is 4.79 Å². The molecule has 1 aromatic rings. The Morgan fingerprint density at radius 2 is 2.11 bits per heavy atom. The molecule has 0 aromatic heterocycles. The molecule has 5 heteroatoms. The lowest BCUT2D eigenvalue weighted by atomic mass is 9.94. The molecule has 2 atom stereocenters. The summed E-state index contributed by atoms with van der Waals surface area (Å²) >= 11 is 9.34. The second-order valence-corrected chi connectivity index (χ2v) is 6.47. The number of nitrogens with zero attached hydrogens (tertiary/aromatic N) is 1. The first-order valence-corrected chi connectivity index (χ1v) is 7.67. The predicted octanol–water partition coefficient (Wildman–Crippen LogP) is 4.26. The highest BCUT2D eigenvalue weighted by molar-refractivity contribution is 9.09. The van der Waals surface area contributed by atoms with Crippen LogP contribution in [0, 0.1) is 5.82 Å². The summed E-state index contributed by atoms with van der Waals surface area (Å²) in [4.78, 5) is 14.3. The minimum atomic E-state index is -0.636. The minimum Gasteiger partial charge on any atom is -0.338 e. The quantitative estimate of drug-likeness (QED) is 0.731. The van der Waals surface area contributed by atoms with E-state index in [1.807, 2.05) is 0 Å². The lowest BCUT2D eigenvalue weighted by Gasteiger charge is -2.35. The molecule has 2 nitrogen and oxygen atoms in total. The van der Waals surface area contributed by atoms with Crippen molar-refractivity contribution in [2.75, 3.05) is 7.05 Å². The molecule has 0 heterocycles. The van der Waals surface area contributed by atoms with E-state index in [0.717, 1.165) is 19.3 Å². The highest BCUT2D eigenvalue weighted by Crippen LogP contribution is 2.29. The van der Waals surface area contributed by atoms with Crippen molar-refractivity contribution in [1.29, 1.82) is 0 Å². The molecule has 19 heavy (non-hydrogen) atoms. The Hall–Kier alpha value is -0.610. The topological polar surface area (TPSA) is 20.3 Å². The van der Waals surface area contributed by atoms with Crippen molar-refractivity contribution in [1.82, 2.24) is 4.90 Å². The Morgan fingerprint density at radius 3 is 2.79 bits per heavy atom. The highest BCUT2D eigenvalue weighted by atomic mass is 79.9. The van der Waals surface area contributed by atoms with Crippen LogP contribution in [0.3, 0.4) is 0 Å². The lowest BCUT2D eigenvalue weighted by molar-refractivity contribution is 0.0700. The fourth-order valence-corrected chi connectivity index (χ4v) is 3.63. The van der Waals surface area contributed by atoms with Gasteiger partial charge in [-0.25, -0.2) is 4.39 Å². The van der Waals surface area contributed by atoms with Gasteiger partial charge in [-0.2, -0.15) is 0 Å². The van der Waals surface area contributed by atoms with Crippen LogP contribution < -0.4 is 0 Å². The highest BCUT2D eigenvalue weighted by Gasteiger charge is 2.30. The zero-order valence-electron chi connectivity index (χ0n) is 10.7. The number of benzene rings is 1. The molecule has 0 aliphatic heterocycles. The maximum Gasteiger partial charge on any atom is 0.256 e. The number of hydrogen-bond donors (Lipinski definition) is 0. The minimum absolute atomic E-state index is 0.0155. The Kier molecular flexibility index (Phi) is 4.85. The van der Waals surface area contributed by atoms with Crippen molar-refractivity contribution in [3.05, 3.63) is 34.6 Å². The van der Waals surface area contributed by atoms with E-state index in [4.69, 9.17) is 11.6 Å². The molecule has 0 radical (unpaired) electrons. The van der Waals surface area contributed by atoms with E-state index in [1.54, 1.807) is 18.0 Å². The third kappa shape index (κ3) is 3.11. The third-order valence-corrected chi connectivity index (χ3v) is 5.01. The van der Waals surface area contributed by atoms with E-state index >= 15 is 0 Å². The first-order chi connectivity index (χ1) is 9.02. The molecule has 2 unspecified atom stereocenters. The maximum absolute atomic E-state index is 13.9. The SMILES string of the molecule is CN(C(=O)c1cccc(Cl)c1F)C1CCCCC1Br. The molecule has 0 bridgehead atoms. The Morgan fingerprint density at radius 1 is 1.42 bits per heavy atom. The van der Waals surface area contributed by atoms with E-state index < -0.39 is 5.82 Å². The molecule has 1 aliphatic rings. The van der Waals surface area contributed by atoms with E-state index in [0.29, 0.717) is 0 Å². The number of carbonyl (C=O) groups is 1. The van der Waals surface area contributed by atoms with Gasteiger partial charge in [0.05, 0.1) is 10.6 Å². The molecular weight excluding hydrogens is 333 g/mol. The average Bonchev–Trinajstić information content (AvgIpc) is 2.41. The first kappa shape index (κ1) is 14.8. The van der Waals surface area contributed by atoms with Crippen LogP contribution in [0.4, 0.5) is 4.39 Å². The molecular formula is C14H16BrClFNO. The normalized spacial score (nSPS) is 23.2. The summed E-state index contributed by atoms with van der Waals surface area (Å²) in [7, 11) is 1.73. The fraction of sp³-hybridized carbons (Fsp3) is 0.500. The smallest absolute Gasteiger partial charge is 0.256 e. The average molecular weight is 349 g/mol. The molecule has 1 saturated carbocycles. The van der Waals surface area contributed by atoms with Gasteiger partial charge in [-0.05, 0) is 25.0 Å². The molecule has 1 amide bonds. The van der Waals surface area contributed by atoms with Crippen LogP contribution in [0.15, 0.2) is 18.2 Å². The van der Waals surface area contributed by atoms with Crippen molar-refractivity contribution in [3.63, 3.8) is 0 Å². The monoisotopic (exact) mass is 347 g/mol. The Balaban J connectivity index is 2.21. The molecule has 104 valence electrons. The van der Waals surface area contributed by atoms with Crippen molar-refractivity contribution >= 4 is 33.4 Å². The predicted molar refractivity (Wildman–Crippen MR) is 78.5 cm³/mol. The number of hydrogen-bond acceptors (Lipinski definition) is 1. The molecule has 1 fully saturated rings. The summed E-state index contributed by atoms with van der Waals surface area (Å²) in [6, 6.07) is 4.63. The van der Waals surface area contributed by atoms with Crippen LogP contribution in [0.5, 0.6) is 0 Å². The number of carbonyl (C=O) groups excluding carboxylic acids is 1. The molecule has 2 rings (SSSR count). The third-order valence-electron chi connectivity index (χ3n) is 3.65. The van der Waals surface area contributed by atoms with Crippen molar-refractivity contribution in [2.24, 2.45) is 0 Å². The molecule has 0 N–H and O–H groups in total. The number of halogens is 3. The zero-order valence-corrected chi connectivity index (χ0v) is 13.0. The fourth-order valence-electron chi connectivity index (χ4n) is 2.51. The van der Waals surface area contributed by atoms with Crippen molar-refractivity contribution in [3.8, 4) is 0 Å². The first-order valence-electron chi connectivity index (χ1n) is 6.37. The summed E-state index contributed by atoms with van der Waals surface area (Å²) in [5.74, 6) is -0.945. The number of alkyl halides is 1. The lowest BCUT2D eigenvalue weighted by Crippen LogP contribution is -2.44. The van der Waals surface area contributed by atoms with Gasteiger partial charge in [0, 0.05) is 17.9 Å². The van der Waals surface area contributed by atoms with Crippen LogP contribution in [-0.4, -0.2) is 28.7 Å². The van der Waals surface area contributed by atoms with Gasteiger partial charge in [0.25, 0.3) is 5.91 Å². The van der Waals surface area contributed by atoms with Gasteiger partial charge in [0.15, 0.2) is 5.82 Å². The standard InChI is InChI=1S/C14H16BrClFNO/c1-18(12-8-3-2-6-10(12)15)14(19)9-5-4-7-11(16)13(9)17/h4-5,7,10,12H,2-3,6,8H2,1H3. The van der Waals surface area contributed by atoms with Crippen molar-refractivity contribution in [2.45, 2.75) is 36.6 Å². The van der Waals surface area contributed by atoms with E-state index in [9.17, 15) is 9.18 Å². The van der Waals surface area contributed by atoms with Gasteiger partial charge in [0.2, 0.25) is 0 Å². The number of amides is 1. The van der Waals surface area contributed by atoms with Gasteiger partial charge >= 0.3 is 0 Å². The van der Waals surface area contributed by atoms with Crippen LogP contribution in [0.25, 0.3) is 0 Å². The summed E-state index contributed by atoms with van der Waals surface area (Å²) in [5, 5.41) is -0.0155. The Labute approximate surface area is 126 Å². The van der Waals surface area contributed by atoms with Crippen LogP contribution in [0.1, 0.15) is 36.0 Å². The molecule has 0 spiro atoms. The Bertz CT molecular complexity index is 483. The second-order valence-electron chi connectivity index (χ2n) is 4.89. The van der Waals surface area contributed by atoms with Crippen molar-refractivity contribution < 1.29 is 9.18 Å². The second kappa shape index (κ2) is 6.23. The summed E-state index contributed by atoms with van der Waals surface area (Å²) in [6.07, 6.45) is 4.25. The molecule has 1 aromatic carbocycles. The van der Waals surface area contributed by atoms with E-state index in [-0.39, 0.29) is 27.4 Å². The largest absolute Gasteiger partial charge is 0.338 e. The van der Waals surface area contributed by atoms with Gasteiger partial charge < -0.3 is 4.90 Å². The van der Waals surface area contributed by atoms with Gasteiger partial charge in [-0.1, -0.05) is 46.4 Å². The molecule has 1 aliphatic carbocycles. The summed E-state index contributed by atoms with van der Waals surface area (Å²) < 4.78 is 13.9. The van der Waals surface area contributed by atoms with Crippen LogP contribution >= 0.6 is 27.5 Å². The number of rotatable bonds is 2. The maximum atomic E-state index is 13.9. The van der Waals surface area contributed by atoms with Gasteiger partial charge in [0.1, 0.15) is 0 Å². The van der Waals surface area contributed by atoms with Gasteiger partial charge in [-0.15, -0.1) is 0 Å².